The number of nitriles is 1. The van der Waals surface area contributed by atoms with E-state index in [1.807, 2.05) is 26.8 Å². The van der Waals surface area contributed by atoms with Gasteiger partial charge >= 0.3 is 6.09 Å². The number of ether oxygens (including phenoxy) is 2. The summed E-state index contributed by atoms with van der Waals surface area (Å²) >= 11 is 0. The number of rotatable bonds is 4. The van der Waals surface area contributed by atoms with Crippen molar-refractivity contribution < 1.29 is 14.3 Å². The van der Waals surface area contributed by atoms with Gasteiger partial charge in [0.15, 0.2) is 0 Å². The molecule has 1 fully saturated rings. The van der Waals surface area contributed by atoms with Crippen molar-refractivity contribution >= 4 is 6.09 Å². The fourth-order valence-corrected chi connectivity index (χ4v) is 3.30. The largest absolute Gasteiger partial charge is 0.490 e. The van der Waals surface area contributed by atoms with E-state index in [1.165, 1.54) is 6.07 Å². The topological polar surface area (TPSA) is 84.6 Å². The number of carbonyl (C=O) groups is 1. The summed E-state index contributed by atoms with van der Waals surface area (Å²) in [5.74, 6) is 0.526. The highest BCUT2D eigenvalue weighted by Gasteiger charge is 2.27. The molecule has 0 unspecified atom stereocenters. The zero-order valence-corrected chi connectivity index (χ0v) is 17.6. The lowest BCUT2D eigenvalue weighted by Crippen LogP contribution is -2.44. The van der Waals surface area contributed by atoms with Crippen LogP contribution in [-0.4, -0.2) is 40.4 Å². The van der Waals surface area contributed by atoms with Gasteiger partial charge < -0.3 is 18.9 Å². The number of pyridine rings is 1. The minimum Gasteiger partial charge on any atom is -0.490 e. The predicted octanol–water partition coefficient (Wildman–Crippen LogP) is 3.55. The van der Waals surface area contributed by atoms with Crippen molar-refractivity contribution in [3.8, 4) is 11.8 Å². The zero-order valence-electron chi connectivity index (χ0n) is 17.6. The van der Waals surface area contributed by atoms with Crippen LogP contribution in [0.4, 0.5) is 4.79 Å². The highest BCUT2D eigenvalue weighted by Crippen LogP contribution is 2.20. The maximum Gasteiger partial charge on any atom is 0.410 e. The molecule has 0 atom stereocenters. The van der Waals surface area contributed by atoms with Crippen LogP contribution in [0.15, 0.2) is 47.4 Å². The zero-order chi connectivity index (χ0) is 21.7. The van der Waals surface area contributed by atoms with Gasteiger partial charge in [-0.15, -0.1) is 0 Å². The summed E-state index contributed by atoms with van der Waals surface area (Å²) in [5.41, 5.74) is 0.781. The number of carbonyl (C=O) groups excluding carboxylic acids is 1. The van der Waals surface area contributed by atoms with Gasteiger partial charge in [0.05, 0.1) is 18.2 Å². The van der Waals surface area contributed by atoms with Gasteiger partial charge in [0.2, 0.25) is 0 Å². The van der Waals surface area contributed by atoms with Crippen LogP contribution < -0.4 is 10.3 Å². The third-order valence-electron chi connectivity index (χ3n) is 4.77. The molecule has 0 N–H and O–H groups in total. The number of benzene rings is 1. The lowest BCUT2D eigenvalue weighted by Gasteiger charge is -2.33. The van der Waals surface area contributed by atoms with E-state index in [9.17, 15) is 9.59 Å². The third kappa shape index (κ3) is 5.86. The summed E-state index contributed by atoms with van der Waals surface area (Å²) < 4.78 is 13.0. The van der Waals surface area contributed by atoms with E-state index >= 15 is 0 Å². The van der Waals surface area contributed by atoms with Crippen molar-refractivity contribution in [3.63, 3.8) is 0 Å². The molecule has 30 heavy (non-hydrogen) atoms. The average Bonchev–Trinajstić information content (AvgIpc) is 2.69. The van der Waals surface area contributed by atoms with Crippen LogP contribution in [0.5, 0.6) is 5.75 Å². The van der Waals surface area contributed by atoms with Crippen molar-refractivity contribution in [2.45, 2.75) is 51.9 Å². The van der Waals surface area contributed by atoms with Crippen LogP contribution in [0.1, 0.15) is 44.7 Å². The Labute approximate surface area is 176 Å². The van der Waals surface area contributed by atoms with Gasteiger partial charge in [-0.3, -0.25) is 4.79 Å². The summed E-state index contributed by atoms with van der Waals surface area (Å²) in [6.07, 6.45) is 2.72. The Morgan fingerprint density at radius 3 is 2.57 bits per heavy atom. The Balaban J connectivity index is 1.56. The number of likely N-dealkylation sites (tertiary alicyclic amines) is 1. The predicted molar refractivity (Wildman–Crippen MR) is 112 cm³/mol. The molecule has 2 heterocycles. The minimum atomic E-state index is -0.510. The lowest BCUT2D eigenvalue weighted by atomic mass is 10.1. The van der Waals surface area contributed by atoms with Crippen molar-refractivity contribution in [1.29, 1.82) is 5.26 Å². The SMILES string of the molecule is CC(C)(C)OC(=O)N1CCC(Oc2ccn(Cc3cccc(C#N)c3)c(=O)c2)CC1. The normalized spacial score (nSPS) is 14.8. The molecule has 158 valence electrons. The second-order valence-corrected chi connectivity index (χ2v) is 8.43. The van der Waals surface area contributed by atoms with Crippen molar-refractivity contribution in [1.82, 2.24) is 9.47 Å². The van der Waals surface area contributed by atoms with E-state index in [1.54, 1.807) is 39.9 Å². The Bertz CT molecular complexity index is 992. The molecule has 0 radical (unpaired) electrons. The number of amides is 1. The van der Waals surface area contributed by atoms with Gasteiger partial charge in [-0.1, -0.05) is 12.1 Å². The monoisotopic (exact) mass is 409 g/mol. The maximum atomic E-state index is 12.5. The van der Waals surface area contributed by atoms with E-state index in [4.69, 9.17) is 14.7 Å². The molecular formula is C23H27N3O4. The Morgan fingerprint density at radius 1 is 1.20 bits per heavy atom. The molecule has 1 aromatic heterocycles. The quantitative estimate of drug-likeness (QED) is 0.771. The van der Waals surface area contributed by atoms with Crippen molar-refractivity contribution in [2.24, 2.45) is 0 Å². The Hall–Kier alpha value is -3.27. The summed E-state index contributed by atoms with van der Waals surface area (Å²) in [5, 5.41) is 9.01. The standard InChI is InChI=1S/C23H27N3O4/c1-23(2,3)30-22(28)25-10-7-19(8-11-25)29-20-9-12-26(21(27)14-20)16-18-6-4-5-17(13-18)15-24/h4-6,9,12-14,19H,7-8,10-11,16H2,1-3H3. The fraction of sp³-hybridized carbons (Fsp3) is 0.435. The molecule has 0 spiro atoms. The van der Waals surface area contributed by atoms with Gasteiger partial charge in [0.1, 0.15) is 17.5 Å². The Kier molecular flexibility index (Phi) is 6.46. The molecule has 1 saturated heterocycles. The van der Waals surface area contributed by atoms with E-state index in [-0.39, 0.29) is 17.8 Å². The molecule has 1 amide bonds. The van der Waals surface area contributed by atoms with Crippen LogP contribution in [-0.2, 0) is 11.3 Å². The summed E-state index contributed by atoms with van der Waals surface area (Å²) in [6, 6.07) is 12.6. The Morgan fingerprint density at radius 2 is 1.93 bits per heavy atom. The molecular weight excluding hydrogens is 382 g/mol. The summed E-state index contributed by atoms with van der Waals surface area (Å²) in [6.45, 7) is 7.07. The van der Waals surface area contributed by atoms with E-state index in [2.05, 4.69) is 6.07 Å². The number of aromatic nitrogens is 1. The van der Waals surface area contributed by atoms with E-state index < -0.39 is 5.60 Å². The van der Waals surface area contributed by atoms with Crippen molar-refractivity contribution in [3.05, 3.63) is 64.1 Å². The fourth-order valence-electron chi connectivity index (χ4n) is 3.30. The molecule has 1 aliphatic heterocycles. The van der Waals surface area contributed by atoms with Crippen LogP contribution in [0.2, 0.25) is 0 Å². The first-order valence-corrected chi connectivity index (χ1v) is 10.1. The molecule has 1 aromatic carbocycles. The first kappa shape index (κ1) is 21.4. The summed E-state index contributed by atoms with van der Waals surface area (Å²) in [4.78, 5) is 26.3. The molecule has 1 aliphatic rings. The molecule has 7 heteroatoms. The smallest absolute Gasteiger partial charge is 0.410 e. The second kappa shape index (κ2) is 9.04. The van der Waals surface area contributed by atoms with E-state index in [0.29, 0.717) is 43.8 Å². The summed E-state index contributed by atoms with van der Waals surface area (Å²) in [7, 11) is 0. The molecule has 7 nitrogen and oxygen atoms in total. The highest BCUT2D eigenvalue weighted by molar-refractivity contribution is 5.68. The van der Waals surface area contributed by atoms with Crippen LogP contribution in [0, 0.1) is 11.3 Å². The third-order valence-corrected chi connectivity index (χ3v) is 4.77. The molecule has 0 bridgehead atoms. The second-order valence-electron chi connectivity index (χ2n) is 8.43. The lowest BCUT2D eigenvalue weighted by molar-refractivity contribution is 0.0126. The average molecular weight is 409 g/mol. The van der Waals surface area contributed by atoms with Gasteiger partial charge in [-0.25, -0.2) is 4.79 Å². The van der Waals surface area contributed by atoms with Gasteiger partial charge in [-0.2, -0.15) is 5.26 Å². The van der Waals surface area contributed by atoms with Crippen LogP contribution in [0.25, 0.3) is 0 Å². The molecule has 0 saturated carbocycles. The molecule has 0 aliphatic carbocycles. The van der Waals surface area contributed by atoms with Gasteiger partial charge in [-0.05, 0) is 44.5 Å². The van der Waals surface area contributed by atoms with Crippen molar-refractivity contribution in [2.75, 3.05) is 13.1 Å². The van der Waals surface area contributed by atoms with E-state index in [0.717, 1.165) is 5.56 Å². The minimum absolute atomic E-state index is 0.0498. The number of hydrogen-bond donors (Lipinski definition) is 0. The van der Waals surface area contributed by atoms with Gasteiger partial charge in [0.25, 0.3) is 5.56 Å². The first-order chi connectivity index (χ1) is 14.2. The maximum absolute atomic E-state index is 12.5. The molecule has 2 aromatic rings. The number of hydrogen-bond acceptors (Lipinski definition) is 5. The number of piperidine rings is 1. The highest BCUT2D eigenvalue weighted by atomic mass is 16.6. The molecule has 3 rings (SSSR count). The van der Waals surface area contributed by atoms with Crippen LogP contribution >= 0.6 is 0 Å². The first-order valence-electron chi connectivity index (χ1n) is 10.1. The number of nitrogens with zero attached hydrogens (tertiary/aromatic N) is 3. The van der Waals surface area contributed by atoms with Gasteiger partial charge in [0, 0.05) is 38.2 Å². The van der Waals surface area contributed by atoms with Crippen LogP contribution in [0.3, 0.4) is 0 Å².